The lowest BCUT2D eigenvalue weighted by molar-refractivity contribution is -0.140. The van der Waals surface area contributed by atoms with Gasteiger partial charge in [0.25, 0.3) is 10.0 Å². The number of carbonyl (C=O) groups is 2. The molecular formula is C32H30Cl3N3O4S. The van der Waals surface area contributed by atoms with E-state index in [-0.39, 0.29) is 39.5 Å². The number of amides is 2. The molecule has 1 atom stereocenters. The number of para-hydroxylation sites is 1. The number of likely N-dealkylation sites (N-methyl/N-ethyl adjacent to an activating group) is 1. The van der Waals surface area contributed by atoms with Gasteiger partial charge in [0.2, 0.25) is 11.8 Å². The summed E-state index contributed by atoms with van der Waals surface area (Å²) in [4.78, 5) is 29.2. The molecular weight excluding hydrogens is 629 g/mol. The fraction of sp³-hybridized carbons (Fsp3) is 0.188. The third kappa shape index (κ3) is 8.09. The quantitative estimate of drug-likeness (QED) is 0.185. The summed E-state index contributed by atoms with van der Waals surface area (Å²) in [5.74, 6) is -0.993. The molecule has 0 saturated heterocycles. The number of anilines is 1. The Balaban J connectivity index is 1.81. The highest BCUT2D eigenvalue weighted by atomic mass is 35.5. The highest BCUT2D eigenvalue weighted by Gasteiger charge is 2.35. The number of sulfonamides is 1. The van der Waals surface area contributed by atoms with Gasteiger partial charge in [0.15, 0.2) is 0 Å². The van der Waals surface area contributed by atoms with Gasteiger partial charge in [-0.1, -0.05) is 102 Å². The van der Waals surface area contributed by atoms with Gasteiger partial charge in [-0.2, -0.15) is 0 Å². The highest BCUT2D eigenvalue weighted by Crippen LogP contribution is 2.31. The molecule has 0 radical (unpaired) electrons. The van der Waals surface area contributed by atoms with Crippen molar-refractivity contribution in [1.82, 2.24) is 10.2 Å². The molecule has 0 bridgehead atoms. The van der Waals surface area contributed by atoms with Crippen molar-refractivity contribution < 1.29 is 18.0 Å². The summed E-state index contributed by atoms with van der Waals surface area (Å²) in [6.45, 7) is 1.47. The minimum atomic E-state index is -4.24. The van der Waals surface area contributed by atoms with Gasteiger partial charge in [0.05, 0.1) is 25.7 Å². The summed E-state index contributed by atoms with van der Waals surface area (Å²) in [5, 5.41) is 3.60. The predicted molar refractivity (Wildman–Crippen MR) is 172 cm³/mol. The van der Waals surface area contributed by atoms with E-state index in [0.717, 1.165) is 9.87 Å². The first-order valence-electron chi connectivity index (χ1n) is 13.5. The van der Waals surface area contributed by atoms with Gasteiger partial charge in [-0.25, -0.2) is 8.42 Å². The number of nitrogens with zero attached hydrogens (tertiary/aromatic N) is 2. The van der Waals surface area contributed by atoms with Crippen LogP contribution in [0.5, 0.6) is 0 Å². The smallest absolute Gasteiger partial charge is 0.264 e. The lowest BCUT2D eigenvalue weighted by Crippen LogP contribution is -2.53. The largest absolute Gasteiger partial charge is 0.355 e. The van der Waals surface area contributed by atoms with E-state index >= 15 is 0 Å². The Morgan fingerprint density at radius 3 is 2.02 bits per heavy atom. The van der Waals surface area contributed by atoms with Crippen LogP contribution in [-0.2, 0) is 32.6 Å². The van der Waals surface area contributed by atoms with E-state index < -0.39 is 28.5 Å². The van der Waals surface area contributed by atoms with E-state index in [9.17, 15) is 18.0 Å². The second kappa shape index (κ2) is 14.8. The fourth-order valence-corrected chi connectivity index (χ4v) is 6.63. The van der Waals surface area contributed by atoms with Crippen LogP contribution in [0.15, 0.2) is 108 Å². The Bertz CT molecular complexity index is 1670. The second-order valence-corrected chi connectivity index (χ2v) is 12.7. The van der Waals surface area contributed by atoms with Crippen LogP contribution < -0.4 is 9.62 Å². The van der Waals surface area contributed by atoms with Crippen molar-refractivity contribution in [2.24, 2.45) is 0 Å². The molecule has 0 aliphatic carbocycles. The summed E-state index contributed by atoms with van der Waals surface area (Å²) in [6.07, 6.45) is 0.192. The second-order valence-electron chi connectivity index (χ2n) is 9.65. The first-order chi connectivity index (χ1) is 20.6. The SMILES string of the molecule is CCNC(=O)[C@H](Cc1ccccc1)N(Cc1ccc(Cl)c(Cl)c1)C(=O)CN(c1ccccc1Cl)S(=O)(=O)c1ccccc1. The van der Waals surface area contributed by atoms with Crippen molar-refractivity contribution in [3.05, 3.63) is 129 Å². The van der Waals surface area contributed by atoms with Crippen LogP contribution in [-0.4, -0.2) is 44.3 Å². The number of carbonyl (C=O) groups excluding carboxylic acids is 2. The highest BCUT2D eigenvalue weighted by molar-refractivity contribution is 7.92. The summed E-state index contributed by atoms with van der Waals surface area (Å²) in [6, 6.07) is 27.4. The van der Waals surface area contributed by atoms with Crippen LogP contribution in [0.3, 0.4) is 0 Å². The molecule has 0 heterocycles. The maximum Gasteiger partial charge on any atom is 0.264 e. The number of benzene rings is 4. The van der Waals surface area contributed by atoms with E-state index in [2.05, 4.69) is 5.32 Å². The van der Waals surface area contributed by atoms with E-state index in [1.165, 1.54) is 23.1 Å². The minimum absolute atomic E-state index is 0.0108. The molecule has 224 valence electrons. The zero-order valence-electron chi connectivity index (χ0n) is 23.3. The number of nitrogens with one attached hydrogen (secondary N) is 1. The summed E-state index contributed by atoms with van der Waals surface area (Å²) >= 11 is 18.9. The van der Waals surface area contributed by atoms with Crippen molar-refractivity contribution in [2.75, 3.05) is 17.4 Å². The number of rotatable bonds is 12. The molecule has 4 aromatic carbocycles. The molecule has 0 saturated carbocycles. The molecule has 0 unspecified atom stereocenters. The van der Waals surface area contributed by atoms with Crippen LogP contribution in [0, 0.1) is 0 Å². The van der Waals surface area contributed by atoms with E-state index in [4.69, 9.17) is 34.8 Å². The first kappa shape index (κ1) is 32.4. The normalized spacial score (nSPS) is 11.9. The third-order valence-corrected chi connectivity index (χ3v) is 9.52. The summed E-state index contributed by atoms with van der Waals surface area (Å²) < 4.78 is 28.9. The zero-order chi connectivity index (χ0) is 31.0. The van der Waals surface area contributed by atoms with E-state index in [1.807, 2.05) is 30.3 Å². The van der Waals surface area contributed by atoms with Crippen LogP contribution in [0.4, 0.5) is 5.69 Å². The van der Waals surface area contributed by atoms with Crippen LogP contribution in [0.25, 0.3) is 0 Å². The molecule has 0 aliphatic heterocycles. The van der Waals surface area contributed by atoms with Gasteiger partial charge in [0.1, 0.15) is 12.6 Å². The number of hydrogen-bond acceptors (Lipinski definition) is 4. The molecule has 43 heavy (non-hydrogen) atoms. The topological polar surface area (TPSA) is 86.8 Å². The number of halogens is 3. The lowest BCUT2D eigenvalue weighted by Gasteiger charge is -2.34. The van der Waals surface area contributed by atoms with Crippen molar-refractivity contribution >= 4 is 62.3 Å². The maximum atomic E-state index is 14.4. The van der Waals surface area contributed by atoms with Crippen molar-refractivity contribution in [3.8, 4) is 0 Å². The van der Waals surface area contributed by atoms with Gasteiger partial charge >= 0.3 is 0 Å². The molecule has 4 rings (SSSR count). The van der Waals surface area contributed by atoms with E-state index in [1.54, 1.807) is 61.5 Å². The fourth-order valence-electron chi connectivity index (χ4n) is 4.57. The monoisotopic (exact) mass is 657 g/mol. The van der Waals surface area contributed by atoms with Crippen molar-refractivity contribution in [1.29, 1.82) is 0 Å². The Kier molecular flexibility index (Phi) is 11.1. The first-order valence-corrected chi connectivity index (χ1v) is 16.1. The number of hydrogen-bond donors (Lipinski definition) is 1. The van der Waals surface area contributed by atoms with E-state index in [0.29, 0.717) is 17.1 Å². The molecule has 0 aromatic heterocycles. The van der Waals surface area contributed by atoms with Gasteiger partial charge in [-0.15, -0.1) is 0 Å². The Morgan fingerprint density at radius 1 is 0.767 bits per heavy atom. The Labute approximate surface area is 267 Å². The molecule has 0 aliphatic rings. The van der Waals surface area contributed by atoms with Gasteiger partial charge in [-0.3, -0.25) is 13.9 Å². The molecule has 0 spiro atoms. The van der Waals surface area contributed by atoms with Crippen molar-refractivity contribution in [3.63, 3.8) is 0 Å². The molecule has 2 amide bonds. The molecule has 1 N–H and O–H groups in total. The van der Waals surface area contributed by atoms with Gasteiger partial charge in [-0.05, 0) is 54.4 Å². The summed E-state index contributed by atoms with van der Waals surface area (Å²) in [7, 11) is -4.24. The van der Waals surface area contributed by atoms with Crippen LogP contribution in [0.2, 0.25) is 15.1 Å². The third-order valence-electron chi connectivity index (χ3n) is 6.69. The Hall–Kier alpha value is -3.56. The standard InChI is InChI=1S/C32H30Cl3N3O4S/c1-2-36-32(40)30(20-23-11-5-3-6-12-23)37(21-24-17-18-26(33)28(35)19-24)31(39)22-38(29-16-10-9-15-27(29)34)43(41,42)25-13-7-4-8-14-25/h3-19,30H,2,20-22H2,1H3,(H,36,40)/t30-/m0/s1. The average Bonchev–Trinajstić information content (AvgIpc) is 3.00. The van der Waals surface area contributed by atoms with Gasteiger partial charge in [0, 0.05) is 19.5 Å². The maximum absolute atomic E-state index is 14.4. The molecule has 7 nitrogen and oxygen atoms in total. The zero-order valence-corrected chi connectivity index (χ0v) is 26.4. The molecule has 0 fully saturated rings. The summed E-state index contributed by atoms with van der Waals surface area (Å²) in [5.41, 5.74) is 1.57. The lowest BCUT2D eigenvalue weighted by atomic mass is 10.0. The van der Waals surface area contributed by atoms with Crippen molar-refractivity contribution in [2.45, 2.75) is 30.8 Å². The minimum Gasteiger partial charge on any atom is -0.355 e. The molecule has 4 aromatic rings. The van der Waals surface area contributed by atoms with Crippen LogP contribution in [0.1, 0.15) is 18.1 Å². The van der Waals surface area contributed by atoms with Gasteiger partial charge < -0.3 is 10.2 Å². The predicted octanol–water partition coefficient (Wildman–Crippen LogP) is 6.62. The molecule has 11 heteroatoms. The van der Waals surface area contributed by atoms with Crippen LogP contribution >= 0.6 is 34.8 Å². The average molecular weight is 659 g/mol. The Morgan fingerprint density at radius 2 is 1.40 bits per heavy atom.